The van der Waals surface area contributed by atoms with E-state index in [9.17, 15) is 4.79 Å². The Labute approximate surface area is 226 Å². The highest BCUT2D eigenvalue weighted by molar-refractivity contribution is 5.96. The molecule has 1 aliphatic rings. The average molecular weight is 513 g/mol. The molecule has 0 aliphatic carbocycles. The summed E-state index contributed by atoms with van der Waals surface area (Å²) in [5, 5.41) is 6.80. The van der Waals surface area contributed by atoms with Gasteiger partial charge in [0.05, 0.1) is 11.9 Å². The number of benzene rings is 2. The van der Waals surface area contributed by atoms with E-state index in [-0.39, 0.29) is 5.91 Å². The van der Waals surface area contributed by atoms with Crippen LogP contribution in [0.25, 0.3) is 16.9 Å². The molecular formula is C31H40N6O. The van der Waals surface area contributed by atoms with Crippen molar-refractivity contribution in [3.05, 3.63) is 77.7 Å². The van der Waals surface area contributed by atoms with Gasteiger partial charge in [0, 0.05) is 42.8 Å². The molecule has 1 amide bonds. The minimum Gasteiger partial charge on any atom is -0.342 e. The van der Waals surface area contributed by atoms with Crippen LogP contribution in [0.5, 0.6) is 0 Å². The molecule has 38 heavy (non-hydrogen) atoms. The van der Waals surface area contributed by atoms with Gasteiger partial charge >= 0.3 is 0 Å². The lowest BCUT2D eigenvalue weighted by atomic mass is 9.94. The summed E-state index contributed by atoms with van der Waals surface area (Å²) in [7, 11) is 1.91. The minimum atomic E-state index is 0.0733. The maximum Gasteiger partial charge on any atom is 0.253 e. The van der Waals surface area contributed by atoms with Crippen molar-refractivity contribution in [3.8, 4) is 11.3 Å². The van der Waals surface area contributed by atoms with Crippen molar-refractivity contribution in [3.63, 3.8) is 0 Å². The van der Waals surface area contributed by atoms with Crippen molar-refractivity contribution in [1.29, 1.82) is 0 Å². The summed E-state index contributed by atoms with van der Waals surface area (Å²) in [5.41, 5.74) is 6.65. The summed E-state index contributed by atoms with van der Waals surface area (Å²) in [4.78, 5) is 24.1. The second-order valence-electron chi connectivity index (χ2n) is 9.84. The van der Waals surface area contributed by atoms with Crippen LogP contribution in [0.15, 0.2) is 61.1 Å². The number of hydrogen-bond donors (Lipinski definition) is 2. The largest absolute Gasteiger partial charge is 0.342 e. The van der Waals surface area contributed by atoms with Gasteiger partial charge in [-0.2, -0.15) is 0 Å². The van der Waals surface area contributed by atoms with Gasteiger partial charge in [0.15, 0.2) is 11.5 Å². The summed E-state index contributed by atoms with van der Waals surface area (Å²) >= 11 is 0. The number of imidazole rings is 1. The standard InChI is InChI=1S/C29H34N6O.C2H6/c1-20-4-6-23(7-5-20)26-19-32-28-27(31-15-17-35(26)28)33-24-8-9-25(21(2)18-24)29(36)34(3)16-12-22-10-13-30-14-11-22;1-2/h4-9,15,17-19,22,30H,10-14,16H2,1-3H3,(H,31,33);1-2H3. The first-order valence-electron chi connectivity index (χ1n) is 13.7. The SMILES string of the molecule is CC.Cc1ccc(-c2cnc3c(Nc4ccc(C(=O)N(C)CCC5CCNCC5)c(C)c4)nccn23)cc1. The number of anilines is 2. The summed E-state index contributed by atoms with van der Waals surface area (Å²) in [5.74, 6) is 1.45. The topological polar surface area (TPSA) is 74.6 Å². The molecule has 200 valence electrons. The lowest BCUT2D eigenvalue weighted by Crippen LogP contribution is -2.32. The van der Waals surface area contributed by atoms with Crippen LogP contribution in [0.2, 0.25) is 0 Å². The Kier molecular flexibility index (Phi) is 9.13. The highest BCUT2D eigenvalue weighted by Gasteiger charge is 2.18. The number of aromatic nitrogens is 3. The van der Waals surface area contributed by atoms with Crippen LogP contribution in [0.1, 0.15) is 54.6 Å². The molecule has 2 aromatic carbocycles. The van der Waals surface area contributed by atoms with Crippen LogP contribution in [0.4, 0.5) is 11.5 Å². The fourth-order valence-corrected chi connectivity index (χ4v) is 4.92. The van der Waals surface area contributed by atoms with Crippen LogP contribution >= 0.6 is 0 Å². The Morgan fingerprint density at radius 3 is 2.53 bits per heavy atom. The van der Waals surface area contributed by atoms with Crippen molar-refractivity contribution in [2.45, 2.75) is 47.0 Å². The van der Waals surface area contributed by atoms with Gasteiger partial charge in [-0.1, -0.05) is 43.7 Å². The Hall–Kier alpha value is -3.71. The Morgan fingerprint density at radius 2 is 1.82 bits per heavy atom. The van der Waals surface area contributed by atoms with Gasteiger partial charge in [0.1, 0.15) is 0 Å². The highest BCUT2D eigenvalue weighted by Crippen LogP contribution is 2.26. The third-order valence-electron chi connectivity index (χ3n) is 7.17. The quantitative estimate of drug-likeness (QED) is 0.306. The van der Waals surface area contributed by atoms with E-state index in [2.05, 4.69) is 51.8 Å². The second kappa shape index (κ2) is 12.7. The number of nitrogens with one attached hydrogen (secondary N) is 2. The van der Waals surface area contributed by atoms with Gasteiger partial charge in [-0.3, -0.25) is 9.20 Å². The van der Waals surface area contributed by atoms with E-state index in [0.717, 1.165) is 59.8 Å². The van der Waals surface area contributed by atoms with Crippen molar-refractivity contribution in [1.82, 2.24) is 24.6 Å². The number of nitrogens with zero attached hydrogens (tertiary/aromatic N) is 4. The number of piperidine rings is 1. The van der Waals surface area contributed by atoms with Gasteiger partial charge in [-0.15, -0.1) is 0 Å². The zero-order chi connectivity index (χ0) is 27.1. The maximum absolute atomic E-state index is 13.1. The predicted molar refractivity (Wildman–Crippen MR) is 156 cm³/mol. The van der Waals surface area contributed by atoms with E-state index in [1.807, 2.05) is 67.7 Å². The fourth-order valence-electron chi connectivity index (χ4n) is 4.92. The second-order valence-corrected chi connectivity index (χ2v) is 9.84. The number of carbonyl (C=O) groups is 1. The number of rotatable bonds is 7. The maximum atomic E-state index is 13.1. The molecule has 3 heterocycles. The number of amides is 1. The van der Waals surface area contributed by atoms with Gasteiger partial charge in [0.25, 0.3) is 5.91 Å². The van der Waals surface area contributed by atoms with Gasteiger partial charge < -0.3 is 15.5 Å². The molecule has 2 aromatic heterocycles. The van der Waals surface area contributed by atoms with Crippen molar-refractivity contribution in [2.24, 2.45) is 5.92 Å². The monoisotopic (exact) mass is 512 g/mol. The smallest absolute Gasteiger partial charge is 0.253 e. The molecule has 0 saturated carbocycles. The molecule has 0 bridgehead atoms. The summed E-state index contributed by atoms with van der Waals surface area (Å²) in [6.45, 7) is 11.0. The van der Waals surface area contributed by atoms with Gasteiger partial charge in [-0.25, -0.2) is 9.97 Å². The van der Waals surface area contributed by atoms with E-state index in [1.165, 1.54) is 18.4 Å². The van der Waals surface area contributed by atoms with E-state index in [1.54, 1.807) is 6.20 Å². The molecular weight excluding hydrogens is 472 g/mol. The van der Waals surface area contributed by atoms with Crippen LogP contribution in [-0.2, 0) is 0 Å². The fraction of sp³-hybridized carbons (Fsp3) is 0.387. The zero-order valence-electron chi connectivity index (χ0n) is 23.3. The highest BCUT2D eigenvalue weighted by atomic mass is 16.2. The minimum absolute atomic E-state index is 0.0733. The lowest BCUT2D eigenvalue weighted by molar-refractivity contribution is 0.0784. The number of hydrogen-bond acceptors (Lipinski definition) is 5. The number of carbonyl (C=O) groups excluding carboxylic acids is 1. The normalized spacial score (nSPS) is 13.6. The zero-order valence-corrected chi connectivity index (χ0v) is 23.3. The molecule has 1 saturated heterocycles. The molecule has 1 aliphatic heterocycles. The van der Waals surface area contributed by atoms with Gasteiger partial charge in [-0.05, 0) is 75.9 Å². The molecule has 5 rings (SSSR count). The lowest BCUT2D eigenvalue weighted by Gasteiger charge is -2.25. The predicted octanol–water partition coefficient (Wildman–Crippen LogP) is 6.24. The molecule has 2 N–H and O–H groups in total. The van der Waals surface area contributed by atoms with E-state index < -0.39 is 0 Å². The molecule has 0 spiro atoms. The van der Waals surface area contributed by atoms with Crippen molar-refractivity contribution >= 4 is 23.1 Å². The first-order valence-corrected chi connectivity index (χ1v) is 13.7. The Balaban J connectivity index is 0.00000164. The van der Waals surface area contributed by atoms with Crippen molar-refractivity contribution in [2.75, 3.05) is 32.0 Å². The number of fused-ring (bicyclic) bond motifs is 1. The molecule has 7 heteroatoms. The molecule has 7 nitrogen and oxygen atoms in total. The molecule has 0 radical (unpaired) electrons. The number of aryl methyl sites for hydroxylation is 2. The summed E-state index contributed by atoms with van der Waals surface area (Å²) in [6.07, 6.45) is 9.04. The van der Waals surface area contributed by atoms with Gasteiger partial charge in [0.2, 0.25) is 0 Å². The Morgan fingerprint density at radius 1 is 1.08 bits per heavy atom. The molecule has 4 aromatic rings. The van der Waals surface area contributed by atoms with E-state index >= 15 is 0 Å². The summed E-state index contributed by atoms with van der Waals surface area (Å²) < 4.78 is 2.04. The third kappa shape index (κ3) is 6.22. The van der Waals surface area contributed by atoms with Crippen molar-refractivity contribution < 1.29 is 4.79 Å². The average Bonchev–Trinajstić information content (AvgIpc) is 3.39. The Bertz CT molecular complexity index is 1350. The summed E-state index contributed by atoms with van der Waals surface area (Å²) in [6, 6.07) is 14.3. The first-order chi connectivity index (χ1) is 18.5. The van der Waals surface area contributed by atoms with E-state index in [0.29, 0.717) is 11.7 Å². The van der Waals surface area contributed by atoms with Crippen LogP contribution in [-0.4, -0.2) is 51.9 Å². The third-order valence-corrected chi connectivity index (χ3v) is 7.17. The van der Waals surface area contributed by atoms with Crippen LogP contribution in [0, 0.1) is 19.8 Å². The molecule has 1 fully saturated rings. The van der Waals surface area contributed by atoms with E-state index in [4.69, 9.17) is 0 Å². The van der Waals surface area contributed by atoms with Crippen LogP contribution in [0.3, 0.4) is 0 Å². The molecule has 0 unspecified atom stereocenters. The molecule has 0 atom stereocenters. The van der Waals surface area contributed by atoms with Crippen LogP contribution < -0.4 is 10.6 Å². The first kappa shape index (κ1) is 27.3.